The van der Waals surface area contributed by atoms with Crippen LogP contribution in [-0.4, -0.2) is 57.7 Å². The lowest BCUT2D eigenvalue weighted by molar-refractivity contribution is -0.150. The minimum absolute atomic E-state index is 0.264. The number of carbonyl (C=O) groups excluding carboxylic acids is 3. The minimum atomic E-state index is -0.939. The first-order valence-electron chi connectivity index (χ1n) is 12.2. The summed E-state index contributed by atoms with van der Waals surface area (Å²) in [4.78, 5) is 40.2. The van der Waals surface area contributed by atoms with E-state index in [1.807, 2.05) is 24.3 Å². The largest absolute Gasteiger partial charge is 0.497 e. The quantitative estimate of drug-likeness (QED) is 0.483. The van der Waals surface area contributed by atoms with Crippen molar-refractivity contribution in [3.63, 3.8) is 0 Å². The van der Waals surface area contributed by atoms with Crippen molar-refractivity contribution in [1.82, 2.24) is 5.32 Å². The van der Waals surface area contributed by atoms with E-state index in [2.05, 4.69) is 15.5 Å². The number of carbonyl (C=O) groups is 3. The summed E-state index contributed by atoms with van der Waals surface area (Å²) < 4.78 is 15.6. The van der Waals surface area contributed by atoms with Crippen molar-refractivity contribution >= 4 is 29.2 Å². The molecule has 1 saturated heterocycles. The number of esters is 1. The van der Waals surface area contributed by atoms with Gasteiger partial charge in [0.2, 0.25) is 0 Å². The number of hydrogen-bond donors (Lipinski definition) is 2. The Bertz CT molecular complexity index is 1030. The van der Waals surface area contributed by atoms with Crippen LogP contribution in [-0.2, 0) is 14.3 Å². The number of nitrogens with one attached hydrogen (secondary N) is 2. The van der Waals surface area contributed by atoms with Gasteiger partial charge in [0.05, 0.1) is 14.2 Å². The Hall–Kier alpha value is -3.75. The van der Waals surface area contributed by atoms with Gasteiger partial charge in [0.25, 0.3) is 11.8 Å². The Labute approximate surface area is 212 Å². The highest BCUT2D eigenvalue weighted by Crippen LogP contribution is 2.23. The van der Waals surface area contributed by atoms with Crippen LogP contribution in [0.3, 0.4) is 0 Å². The first kappa shape index (κ1) is 26.8. The van der Waals surface area contributed by atoms with Crippen molar-refractivity contribution in [2.45, 2.75) is 39.2 Å². The second kappa shape index (κ2) is 12.8. The molecular formula is C27H35N3O6. The molecule has 1 aliphatic heterocycles. The molecular weight excluding hydrogens is 462 g/mol. The second-order valence-corrected chi connectivity index (χ2v) is 9.05. The smallest absolute Gasteiger partial charge is 0.329 e. The molecule has 9 heteroatoms. The number of amides is 2. The zero-order valence-corrected chi connectivity index (χ0v) is 21.3. The summed E-state index contributed by atoms with van der Waals surface area (Å²) >= 11 is 0. The monoisotopic (exact) mass is 497 g/mol. The molecule has 0 spiro atoms. The molecule has 36 heavy (non-hydrogen) atoms. The van der Waals surface area contributed by atoms with E-state index in [-0.39, 0.29) is 11.5 Å². The highest BCUT2D eigenvalue weighted by molar-refractivity contribution is 5.98. The third kappa shape index (κ3) is 7.37. The van der Waals surface area contributed by atoms with E-state index in [0.717, 1.165) is 18.8 Å². The summed E-state index contributed by atoms with van der Waals surface area (Å²) in [5, 5.41) is 5.42. The molecule has 9 nitrogen and oxygen atoms in total. The fraction of sp³-hybridized carbons (Fsp3) is 0.444. The van der Waals surface area contributed by atoms with Crippen molar-refractivity contribution in [3.05, 3.63) is 48.0 Å². The number of anilines is 2. The second-order valence-electron chi connectivity index (χ2n) is 9.05. The molecule has 0 saturated carbocycles. The first-order chi connectivity index (χ1) is 17.3. The predicted molar refractivity (Wildman–Crippen MR) is 138 cm³/mol. The van der Waals surface area contributed by atoms with Crippen molar-refractivity contribution < 1.29 is 28.6 Å². The molecule has 1 atom stereocenters. The molecule has 0 unspecified atom stereocenters. The molecule has 0 aliphatic carbocycles. The van der Waals surface area contributed by atoms with Gasteiger partial charge in [-0.15, -0.1) is 0 Å². The molecule has 2 N–H and O–H groups in total. The lowest BCUT2D eigenvalue weighted by Crippen LogP contribution is -2.46. The number of hydrogen-bond acceptors (Lipinski definition) is 7. The summed E-state index contributed by atoms with van der Waals surface area (Å²) in [5.74, 6) is -1.00. The number of methoxy groups -OCH3 is 2. The fourth-order valence-corrected chi connectivity index (χ4v) is 3.99. The number of ether oxygens (including phenoxy) is 3. The van der Waals surface area contributed by atoms with Gasteiger partial charge in [-0.05, 0) is 61.6 Å². The van der Waals surface area contributed by atoms with Gasteiger partial charge in [-0.25, -0.2) is 4.79 Å². The van der Waals surface area contributed by atoms with E-state index < -0.39 is 30.4 Å². The molecule has 2 aromatic rings. The number of piperidine rings is 1. The van der Waals surface area contributed by atoms with Crippen LogP contribution in [0.25, 0.3) is 0 Å². The summed E-state index contributed by atoms with van der Waals surface area (Å²) in [6, 6.07) is 11.4. The zero-order chi connectivity index (χ0) is 26.1. The third-order valence-electron chi connectivity index (χ3n) is 6.04. The van der Waals surface area contributed by atoms with Crippen LogP contribution in [0.15, 0.2) is 42.5 Å². The number of nitrogens with zero attached hydrogens (tertiary/aromatic N) is 1. The normalized spacial score (nSPS) is 14.1. The highest BCUT2D eigenvalue weighted by atomic mass is 16.5. The van der Waals surface area contributed by atoms with Crippen LogP contribution in [0.5, 0.6) is 11.5 Å². The average Bonchev–Trinajstić information content (AvgIpc) is 2.90. The fourth-order valence-electron chi connectivity index (χ4n) is 3.99. The van der Waals surface area contributed by atoms with Crippen LogP contribution >= 0.6 is 0 Å². The van der Waals surface area contributed by atoms with Crippen LogP contribution in [0, 0.1) is 5.92 Å². The van der Waals surface area contributed by atoms with E-state index in [1.54, 1.807) is 32.0 Å². The van der Waals surface area contributed by atoms with Crippen LogP contribution < -0.4 is 25.0 Å². The molecule has 0 radical (unpaired) electrons. The van der Waals surface area contributed by atoms with Crippen LogP contribution in [0.2, 0.25) is 0 Å². The van der Waals surface area contributed by atoms with Gasteiger partial charge >= 0.3 is 5.97 Å². The molecule has 2 aromatic carbocycles. The van der Waals surface area contributed by atoms with Gasteiger partial charge in [-0.2, -0.15) is 0 Å². The van der Waals surface area contributed by atoms with E-state index in [9.17, 15) is 14.4 Å². The Morgan fingerprint density at radius 2 is 1.53 bits per heavy atom. The maximum atomic E-state index is 12.8. The molecule has 1 aliphatic rings. The van der Waals surface area contributed by atoms with E-state index in [0.29, 0.717) is 17.2 Å². The lowest BCUT2D eigenvalue weighted by atomic mass is 10.0. The van der Waals surface area contributed by atoms with Crippen molar-refractivity contribution in [3.8, 4) is 11.5 Å². The van der Waals surface area contributed by atoms with E-state index in [4.69, 9.17) is 14.2 Å². The van der Waals surface area contributed by atoms with Crippen molar-refractivity contribution in [2.75, 3.05) is 44.1 Å². The molecule has 0 bridgehead atoms. The van der Waals surface area contributed by atoms with Gasteiger partial charge in [-0.3, -0.25) is 9.59 Å². The van der Waals surface area contributed by atoms with Gasteiger partial charge in [0, 0.05) is 36.1 Å². The van der Waals surface area contributed by atoms with E-state index >= 15 is 0 Å². The lowest BCUT2D eigenvalue weighted by Gasteiger charge is -2.28. The Kier molecular flexibility index (Phi) is 9.55. The SMILES string of the molecule is COc1cc(OC)cc(C(=O)N[C@H](C(=O)OCC(=O)Nc2ccc(N3CCCCC3)cc2)C(C)C)c1. The van der Waals surface area contributed by atoms with Gasteiger partial charge in [0.15, 0.2) is 6.61 Å². The molecule has 1 heterocycles. The summed E-state index contributed by atoms with van der Waals surface area (Å²) in [6.07, 6.45) is 3.64. The van der Waals surface area contributed by atoms with Gasteiger partial charge in [-0.1, -0.05) is 13.8 Å². The van der Waals surface area contributed by atoms with Crippen LogP contribution in [0.1, 0.15) is 43.5 Å². The molecule has 0 aromatic heterocycles. The number of benzene rings is 2. The van der Waals surface area contributed by atoms with E-state index in [1.165, 1.54) is 33.5 Å². The Balaban J connectivity index is 1.54. The standard InChI is InChI=1S/C27H35N3O6/c1-18(2)25(29-26(32)19-14-22(34-3)16-23(15-19)35-4)27(33)36-17-24(31)28-20-8-10-21(11-9-20)30-12-6-5-7-13-30/h8-11,14-16,18,25H,5-7,12-13,17H2,1-4H3,(H,28,31)(H,29,32)/t25-/m0/s1. The minimum Gasteiger partial charge on any atom is -0.497 e. The molecule has 3 rings (SSSR count). The zero-order valence-electron chi connectivity index (χ0n) is 21.3. The third-order valence-corrected chi connectivity index (χ3v) is 6.04. The Morgan fingerprint density at radius 1 is 0.917 bits per heavy atom. The first-order valence-corrected chi connectivity index (χ1v) is 12.2. The molecule has 194 valence electrons. The maximum Gasteiger partial charge on any atom is 0.329 e. The van der Waals surface area contributed by atoms with Crippen molar-refractivity contribution in [1.29, 1.82) is 0 Å². The topological polar surface area (TPSA) is 106 Å². The predicted octanol–water partition coefficient (Wildman–Crippen LogP) is 3.63. The molecule has 1 fully saturated rings. The molecule has 2 amide bonds. The summed E-state index contributed by atoms with van der Waals surface area (Å²) in [5.41, 5.74) is 2.02. The maximum absolute atomic E-state index is 12.8. The Morgan fingerprint density at radius 3 is 2.08 bits per heavy atom. The van der Waals surface area contributed by atoms with Gasteiger partial charge < -0.3 is 29.7 Å². The highest BCUT2D eigenvalue weighted by Gasteiger charge is 2.27. The number of rotatable bonds is 10. The summed E-state index contributed by atoms with van der Waals surface area (Å²) in [7, 11) is 2.97. The summed E-state index contributed by atoms with van der Waals surface area (Å²) in [6.45, 7) is 5.19. The van der Waals surface area contributed by atoms with Crippen LogP contribution in [0.4, 0.5) is 11.4 Å². The van der Waals surface area contributed by atoms with Gasteiger partial charge in [0.1, 0.15) is 17.5 Å². The average molecular weight is 498 g/mol. The van der Waals surface area contributed by atoms with Crippen molar-refractivity contribution in [2.24, 2.45) is 5.92 Å².